The summed E-state index contributed by atoms with van der Waals surface area (Å²) in [6.07, 6.45) is 11.5. The van der Waals surface area contributed by atoms with Crippen molar-refractivity contribution in [3.8, 4) is 23.1 Å². The van der Waals surface area contributed by atoms with Gasteiger partial charge in [0.1, 0.15) is 17.4 Å². The number of aliphatic imine (C=N–C) groups is 1. The molecule has 0 aromatic carbocycles. The second kappa shape index (κ2) is 11.3. The van der Waals surface area contributed by atoms with Crippen LogP contribution in [0.2, 0.25) is 0 Å². The molecule has 0 bridgehead atoms. The molecular weight excluding hydrogens is 492 g/mol. The Morgan fingerprint density at radius 1 is 1.15 bits per heavy atom. The smallest absolute Gasteiger partial charge is 0.212 e. The zero-order chi connectivity index (χ0) is 27.4. The number of aryl methyl sites for hydroxylation is 1. The van der Waals surface area contributed by atoms with E-state index in [-0.39, 0.29) is 5.69 Å². The Kier molecular flexibility index (Phi) is 7.47. The van der Waals surface area contributed by atoms with E-state index in [4.69, 9.17) is 4.74 Å². The first-order valence-electron chi connectivity index (χ1n) is 12.6. The van der Waals surface area contributed by atoms with Crippen LogP contribution in [0.15, 0.2) is 66.0 Å². The van der Waals surface area contributed by atoms with Gasteiger partial charge in [-0.3, -0.25) is 9.58 Å². The monoisotopic (exact) mass is 522 g/mol. The quantitative estimate of drug-likeness (QED) is 0.256. The number of fused-ring (bicyclic) bond motifs is 1. The van der Waals surface area contributed by atoms with Gasteiger partial charge < -0.3 is 9.64 Å². The van der Waals surface area contributed by atoms with Gasteiger partial charge in [0.15, 0.2) is 5.69 Å². The number of rotatable bonds is 8. The van der Waals surface area contributed by atoms with Crippen molar-refractivity contribution in [1.82, 2.24) is 39.4 Å². The van der Waals surface area contributed by atoms with E-state index in [1.54, 1.807) is 22.5 Å². The Morgan fingerprint density at radius 3 is 2.62 bits per heavy atom. The van der Waals surface area contributed by atoms with Crippen LogP contribution in [0.4, 0.5) is 0 Å². The Labute approximate surface area is 227 Å². The highest BCUT2D eigenvalue weighted by Gasteiger charge is 2.19. The van der Waals surface area contributed by atoms with E-state index in [0.29, 0.717) is 11.4 Å². The Hall–Kier alpha value is -4.82. The van der Waals surface area contributed by atoms with Crippen LogP contribution >= 0.6 is 0 Å². The highest BCUT2D eigenvalue weighted by Crippen LogP contribution is 2.28. The van der Waals surface area contributed by atoms with E-state index in [1.807, 2.05) is 56.8 Å². The highest BCUT2D eigenvalue weighted by atomic mass is 16.5. The minimum absolute atomic E-state index is 0.282. The summed E-state index contributed by atoms with van der Waals surface area (Å²) in [4.78, 5) is 13.3. The Morgan fingerprint density at radius 2 is 1.97 bits per heavy atom. The van der Waals surface area contributed by atoms with E-state index < -0.39 is 0 Å². The fraction of sp³-hybridized carbons (Fsp3) is 0.286. The van der Waals surface area contributed by atoms with E-state index in [9.17, 15) is 5.26 Å². The largest absolute Gasteiger partial charge is 0.481 e. The Balaban J connectivity index is 1.35. The van der Waals surface area contributed by atoms with Gasteiger partial charge in [0, 0.05) is 81.1 Å². The number of nitriles is 1. The zero-order valence-electron chi connectivity index (χ0n) is 22.3. The van der Waals surface area contributed by atoms with Gasteiger partial charge in [-0.25, -0.2) is 14.5 Å². The van der Waals surface area contributed by atoms with Crippen LogP contribution in [0.5, 0.6) is 5.88 Å². The number of pyridine rings is 2. The van der Waals surface area contributed by atoms with Crippen molar-refractivity contribution in [2.45, 2.75) is 13.5 Å². The topological polar surface area (TPSA) is 113 Å². The first-order chi connectivity index (χ1) is 19.0. The summed E-state index contributed by atoms with van der Waals surface area (Å²) in [5.41, 5.74) is 5.82. The molecule has 0 spiro atoms. The number of ether oxygens (including phenoxy) is 1. The van der Waals surface area contributed by atoms with Crippen molar-refractivity contribution in [3.05, 3.63) is 77.8 Å². The van der Waals surface area contributed by atoms with Crippen molar-refractivity contribution in [1.29, 1.82) is 5.26 Å². The third kappa shape index (κ3) is 5.56. The van der Waals surface area contributed by atoms with Gasteiger partial charge in [0.05, 0.1) is 13.3 Å². The van der Waals surface area contributed by atoms with Gasteiger partial charge in [-0.1, -0.05) is 17.4 Å². The zero-order valence-corrected chi connectivity index (χ0v) is 22.3. The van der Waals surface area contributed by atoms with E-state index in [2.05, 4.69) is 54.0 Å². The second-order valence-corrected chi connectivity index (χ2v) is 9.39. The molecule has 1 aliphatic heterocycles. The van der Waals surface area contributed by atoms with E-state index in [1.165, 1.54) is 0 Å². The lowest BCUT2D eigenvalue weighted by atomic mass is 10.0. The van der Waals surface area contributed by atoms with E-state index >= 15 is 0 Å². The van der Waals surface area contributed by atoms with Crippen LogP contribution in [0.1, 0.15) is 23.7 Å². The maximum absolute atomic E-state index is 9.63. The lowest BCUT2D eigenvalue weighted by Gasteiger charge is -2.35. The predicted octanol–water partition coefficient (Wildman–Crippen LogP) is 3.17. The van der Waals surface area contributed by atoms with Crippen LogP contribution in [-0.2, 0) is 13.6 Å². The molecule has 0 atom stereocenters. The molecule has 11 heteroatoms. The summed E-state index contributed by atoms with van der Waals surface area (Å²) in [7, 11) is 3.50. The summed E-state index contributed by atoms with van der Waals surface area (Å²) in [6.45, 7) is 10.2. The standard InChI is InChI=1S/C28H30N10O/c1-20(24-13-22(23-16-32-35(3)18-23)19-38-28(24)25(14-29)33-34-38)5-7-26(30-2)37-11-9-36(10-12-37)17-21-6-8-27(39-4)31-15-21/h5-8,13,15-16,18-19H,2,9-12,17H2,1,3-4H3/b20-5+,26-7+. The number of methoxy groups -OCH3 is 1. The van der Waals surface area contributed by atoms with Gasteiger partial charge in [-0.05, 0) is 36.9 Å². The number of hydrogen-bond acceptors (Lipinski definition) is 9. The van der Waals surface area contributed by atoms with Crippen molar-refractivity contribution in [2.24, 2.45) is 12.0 Å². The van der Waals surface area contributed by atoms with Crippen LogP contribution < -0.4 is 4.74 Å². The second-order valence-electron chi connectivity index (χ2n) is 9.39. The number of allylic oxidation sites excluding steroid dienone is 3. The van der Waals surface area contributed by atoms with Crippen LogP contribution in [-0.4, -0.2) is 79.4 Å². The first kappa shape index (κ1) is 25.8. The maximum atomic E-state index is 9.63. The molecule has 0 unspecified atom stereocenters. The van der Waals surface area contributed by atoms with Gasteiger partial charge in [0.2, 0.25) is 5.88 Å². The lowest BCUT2D eigenvalue weighted by molar-refractivity contribution is 0.152. The predicted molar refractivity (Wildman–Crippen MR) is 149 cm³/mol. The fourth-order valence-corrected chi connectivity index (χ4v) is 4.70. The minimum Gasteiger partial charge on any atom is -0.481 e. The molecule has 0 amide bonds. The first-order valence-corrected chi connectivity index (χ1v) is 12.6. The molecule has 0 saturated carbocycles. The average Bonchev–Trinajstić information content (AvgIpc) is 3.60. The fourth-order valence-electron chi connectivity index (χ4n) is 4.70. The van der Waals surface area contributed by atoms with Crippen molar-refractivity contribution in [3.63, 3.8) is 0 Å². The third-order valence-electron chi connectivity index (χ3n) is 6.83. The summed E-state index contributed by atoms with van der Waals surface area (Å²) in [6, 6.07) is 8.15. The normalized spacial score (nSPS) is 15.0. The summed E-state index contributed by atoms with van der Waals surface area (Å²) >= 11 is 0. The highest BCUT2D eigenvalue weighted by molar-refractivity contribution is 5.84. The van der Waals surface area contributed by atoms with Crippen LogP contribution in [0.25, 0.3) is 22.2 Å². The molecule has 4 aromatic rings. The van der Waals surface area contributed by atoms with Gasteiger partial charge in [0.25, 0.3) is 0 Å². The maximum Gasteiger partial charge on any atom is 0.212 e. The summed E-state index contributed by atoms with van der Waals surface area (Å²) < 4.78 is 8.56. The van der Waals surface area contributed by atoms with E-state index in [0.717, 1.165) is 66.4 Å². The molecule has 0 aliphatic carbocycles. The SMILES string of the molecule is C=N/C(=C\C=C(/C)c1cc(-c2cnn(C)c2)cn2nnc(C#N)c12)N1CCN(Cc2ccc(OC)nc2)CC1. The molecule has 11 nitrogen and oxygen atoms in total. The van der Waals surface area contributed by atoms with Gasteiger partial charge >= 0.3 is 0 Å². The van der Waals surface area contributed by atoms with Crippen LogP contribution in [0, 0.1) is 11.3 Å². The number of piperazine rings is 1. The minimum atomic E-state index is 0.282. The van der Waals surface area contributed by atoms with Crippen molar-refractivity contribution >= 4 is 17.8 Å². The van der Waals surface area contributed by atoms with Crippen molar-refractivity contribution < 1.29 is 4.74 Å². The summed E-state index contributed by atoms with van der Waals surface area (Å²) in [5.74, 6) is 1.43. The molecule has 4 aromatic heterocycles. The molecular formula is C28H30N10O. The van der Waals surface area contributed by atoms with Crippen LogP contribution in [0.3, 0.4) is 0 Å². The number of hydrogen-bond donors (Lipinski definition) is 0. The third-order valence-corrected chi connectivity index (χ3v) is 6.83. The Bertz CT molecular complexity index is 1580. The molecule has 0 radical (unpaired) electrons. The molecule has 1 saturated heterocycles. The summed E-state index contributed by atoms with van der Waals surface area (Å²) in [5, 5.41) is 22.2. The van der Waals surface area contributed by atoms with Gasteiger partial charge in [-0.2, -0.15) is 10.4 Å². The molecule has 0 N–H and O–H groups in total. The number of nitrogens with zero attached hydrogens (tertiary/aromatic N) is 10. The van der Waals surface area contributed by atoms with Gasteiger partial charge in [-0.15, -0.1) is 5.10 Å². The molecule has 5 rings (SSSR count). The molecule has 5 heterocycles. The molecule has 1 aliphatic rings. The average molecular weight is 523 g/mol. The molecule has 1 fully saturated rings. The molecule has 39 heavy (non-hydrogen) atoms. The van der Waals surface area contributed by atoms with Crippen molar-refractivity contribution in [2.75, 3.05) is 33.3 Å². The molecule has 198 valence electrons. The lowest BCUT2D eigenvalue weighted by Crippen LogP contribution is -2.45. The number of aromatic nitrogens is 6.